The lowest BCUT2D eigenvalue weighted by molar-refractivity contribution is -0.274. The number of carbonyl (C=O) groups is 1. The lowest BCUT2D eigenvalue weighted by Crippen LogP contribution is -2.18. The fourth-order valence-corrected chi connectivity index (χ4v) is 1.71. The van der Waals surface area contributed by atoms with Crippen LogP contribution in [0.4, 0.5) is 13.2 Å². The van der Waals surface area contributed by atoms with Crippen molar-refractivity contribution in [3.8, 4) is 5.75 Å². The SMILES string of the molecule is O=Cc1c(Cl)cc(Br)cc1OC(F)(F)F. The molecule has 1 aromatic rings. The first kappa shape index (κ1) is 12.3. The highest BCUT2D eigenvalue weighted by atomic mass is 79.9. The second-order valence-corrected chi connectivity index (χ2v) is 3.79. The number of hydrogen-bond acceptors (Lipinski definition) is 2. The summed E-state index contributed by atoms with van der Waals surface area (Å²) in [6.07, 6.45) is -4.66. The zero-order valence-corrected chi connectivity index (χ0v) is 9.28. The summed E-state index contributed by atoms with van der Waals surface area (Å²) in [5.41, 5.74) is -0.336. The molecule has 0 spiro atoms. The van der Waals surface area contributed by atoms with Gasteiger partial charge in [0.25, 0.3) is 0 Å². The summed E-state index contributed by atoms with van der Waals surface area (Å²) in [4.78, 5) is 10.5. The van der Waals surface area contributed by atoms with Crippen LogP contribution in [0.5, 0.6) is 5.75 Å². The summed E-state index contributed by atoms with van der Waals surface area (Å²) in [6.45, 7) is 0. The Bertz CT molecular complexity index is 392. The van der Waals surface area contributed by atoms with Gasteiger partial charge in [-0.3, -0.25) is 4.79 Å². The fraction of sp³-hybridized carbons (Fsp3) is 0.125. The van der Waals surface area contributed by atoms with Gasteiger partial charge >= 0.3 is 6.36 Å². The van der Waals surface area contributed by atoms with Crippen molar-refractivity contribution in [2.75, 3.05) is 0 Å². The van der Waals surface area contributed by atoms with Gasteiger partial charge in [-0.2, -0.15) is 0 Å². The van der Waals surface area contributed by atoms with E-state index < -0.39 is 12.1 Å². The molecule has 0 saturated carbocycles. The molecule has 0 heterocycles. The third kappa shape index (κ3) is 3.39. The lowest BCUT2D eigenvalue weighted by Gasteiger charge is -2.11. The average Bonchev–Trinajstić information content (AvgIpc) is 1.99. The van der Waals surface area contributed by atoms with E-state index in [0.717, 1.165) is 6.07 Å². The van der Waals surface area contributed by atoms with Crippen LogP contribution in [-0.4, -0.2) is 12.6 Å². The largest absolute Gasteiger partial charge is 0.573 e. The van der Waals surface area contributed by atoms with Gasteiger partial charge in [0.15, 0.2) is 6.29 Å². The van der Waals surface area contributed by atoms with Crippen LogP contribution in [0, 0.1) is 0 Å². The van der Waals surface area contributed by atoms with Crippen molar-refractivity contribution >= 4 is 33.8 Å². The predicted molar refractivity (Wildman–Crippen MR) is 51.2 cm³/mol. The van der Waals surface area contributed by atoms with Crippen LogP contribution >= 0.6 is 27.5 Å². The molecule has 1 aromatic carbocycles. The van der Waals surface area contributed by atoms with Crippen LogP contribution in [0.15, 0.2) is 16.6 Å². The van der Waals surface area contributed by atoms with Crippen LogP contribution in [0.2, 0.25) is 5.02 Å². The number of alkyl halides is 3. The zero-order chi connectivity index (χ0) is 11.6. The maximum Gasteiger partial charge on any atom is 0.573 e. The molecule has 0 unspecified atom stereocenters. The van der Waals surface area contributed by atoms with E-state index in [1.807, 2.05) is 0 Å². The monoisotopic (exact) mass is 302 g/mol. The van der Waals surface area contributed by atoms with Crippen LogP contribution in [0.1, 0.15) is 10.4 Å². The molecule has 0 aromatic heterocycles. The van der Waals surface area contributed by atoms with Gasteiger partial charge in [-0.1, -0.05) is 27.5 Å². The Morgan fingerprint density at radius 3 is 2.47 bits per heavy atom. The normalized spacial score (nSPS) is 11.3. The summed E-state index contributed by atoms with van der Waals surface area (Å²) in [7, 11) is 0. The van der Waals surface area contributed by atoms with Gasteiger partial charge in [0.05, 0.1) is 10.6 Å². The maximum absolute atomic E-state index is 11.9. The molecule has 0 fully saturated rings. The molecular formula is C8H3BrClF3O2. The van der Waals surface area contributed by atoms with E-state index in [0.29, 0.717) is 0 Å². The third-order valence-electron chi connectivity index (χ3n) is 1.40. The van der Waals surface area contributed by atoms with Crippen molar-refractivity contribution < 1.29 is 22.7 Å². The van der Waals surface area contributed by atoms with Gasteiger partial charge in [-0.25, -0.2) is 0 Å². The first-order valence-corrected chi connectivity index (χ1v) is 4.70. The molecule has 0 N–H and O–H groups in total. The Balaban J connectivity index is 3.21. The van der Waals surface area contributed by atoms with Crippen molar-refractivity contribution in [2.45, 2.75) is 6.36 Å². The van der Waals surface area contributed by atoms with Crippen molar-refractivity contribution in [1.29, 1.82) is 0 Å². The Morgan fingerprint density at radius 1 is 1.40 bits per heavy atom. The van der Waals surface area contributed by atoms with E-state index in [1.165, 1.54) is 6.07 Å². The predicted octanol–water partition coefficient (Wildman–Crippen LogP) is 3.81. The van der Waals surface area contributed by atoms with Gasteiger partial charge in [0.2, 0.25) is 0 Å². The number of ether oxygens (including phenoxy) is 1. The fourth-order valence-electron chi connectivity index (χ4n) is 0.885. The van der Waals surface area contributed by atoms with Crippen LogP contribution < -0.4 is 4.74 Å². The smallest absolute Gasteiger partial charge is 0.405 e. The molecule has 2 nitrogen and oxygen atoms in total. The Kier molecular flexibility index (Phi) is 3.62. The summed E-state index contributed by atoms with van der Waals surface area (Å²) in [5.74, 6) is -0.628. The summed E-state index contributed by atoms with van der Waals surface area (Å²) in [5, 5.41) is -0.112. The summed E-state index contributed by atoms with van der Waals surface area (Å²) in [6, 6.07) is 2.32. The van der Waals surface area contributed by atoms with Crippen molar-refractivity contribution in [3.63, 3.8) is 0 Å². The Hall–Kier alpha value is -0.750. The molecule has 0 atom stereocenters. The van der Waals surface area contributed by atoms with Gasteiger partial charge < -0.3 is 4.74 Å². The van der Waals surface area contributed by atoms with Crippen molar-refractivity contribution in [2.24, 2.45) is 0 Å². The number of hydrogen-bond donors (Lipinski definition) is 0. The first-order chi connectivity index (χ1) is 6.83. The molecule has 0 saturated heterocycles. The van der Waals surface area contributed by atoms with E-state index in [-0.39, 0.29) is 21.3 Å². The van der Waals surface area contributed by atoms with E-state index in [1.54, 1.807) is 0 Å². The second-order valence-electron chi connectivity index (χ2n) is 2.47. The number of carbonyl (C=O) groups excluding carboxylic acids is 1. The number of halogens is 5. The minimum atomic E-state index is -4.86. The van der Waals surface area contributed by atoms with Gasteiger partial charge in [-0.15, -0.1) is 13.2 Å². The van der Waals surface area contributed by atoms with E-state index in [4.69, 9.17) is 11.6 Å². The molecule has 0 aliphatic carbocycles. The lowest BCUT2D eigenvalue weighted by atomic mass is 10.2. The van der Waals surface area contributed by atoms with Gasteiger partial charge in [-0.05, 0) is 12.1 Å². The van der Waals surface area contributed by atoms with Crippen molar-refractivity contribution in [3.05, 3.63) is 27.2 Å². The topological polar surface area (TPSA) is 26.3 Å². The Morgan fingerprint density at radius 2 is 2.00 bits per heavy atom. The second kappa shape index (κ2) is 4.40. The maximum atomic E-state index is 11.9. The number of benzene rings is 1. The molecule has 0 amide bonds. The number of aldehydes is 1. The molecule has 0 aliphatic rings. The molecule has 7 heteroatoms. The van der Waals surface area contributed by atoms with Gasteiger partial charge in [0.1, 0.15) is 5.75 Å². The minimum Gasteiger partial charge on any atom is -0.405 e. The summed E-state index contributed by atoms with van der Waals surface area (Å²) < 4.78 is 39.7. The van der Waals surface area contributed by atoms with Gasteiger partial charge in [0, 0.05) is 4.47 Å². The Labute approximate surface area is 96.1 Å². The zero-order valence-electron chi connectivity index (χ0n) is 6.94. The van der Waals surface area contributed by atoms with Crippen LogP contribution in [0.3, 0.4) is 0 Å². The highest BCUT2D eigenvalue weighted by Gasteiger charge is 2.32. The third-order valence-corrected chi connectivity index (χ3v) is 2.17. The quantitative estimate of drug-likeness (QED) is 0.777. The number of rotatable bonds is 2. The standard InChI is InChI=1S/C8H3BrClF3O2/c9-4-1-6(10)5(3-14)7(2-4)15-8(11,12)13/h1-3H. The van der Waals surface area contributed by atoms with Crippen LogP contribution in [0.25, 0.3) is 0 Å². The van der Waals surface area contributed by atoms with Crippen molar-refractivity contribution in [1.82, 2.24) is 0 Å². The summed E-state index contributed by atoms with van der Waals surface area (Å²) >= 11 is 8.49. The molecule has 15 heavy (non-hydrogen) atoms. The molecule has 0 bridgehead atoms. The first-order valence-electron chi connectivity index (χ1n) is 3.53. The highest BCUT2D eigenvalue weighted by molar-refractivity contribution is 9.10. The molecule has 82 valence electrons. The molecular weight excluding hydrogens is 300 g/mol. The highest BCUT2D eigenvalue weighted by Crippen LogP contribution is 2.33. The minimum absolute atomic E-state index is 0.112. The van der Waals surface area contributed by atoms with Crippen LogP contribution in [-0.2, 0) is 0 Å². The van der Waals surface area contributed by atoms with E-state index in [2.05, 4.69) is 20.7 Å². The van der Waals surface area contributed by atoms with E-state index in [9.17, 15) is 18.0 Å². The molecule has 0 aliphatic heterocycles. The molecule has 0 radical (unpaired) electrons. The molecule has 1 rings (SSSR count). The van der Waals surface area contributed by atoms with E-state index >= 15 is 0 Å². The average molecular weight is 303 g/mol.